The van der Waals surface area contributed by atoms with Gasteiger partial charge in [0.15, 0.2) is 11.5 Å². The van der Waals surface area contributed by atoms with Gasteiger partial charge in [-0.2, -0.15) is 0 Å². The van der Waals surface area contributed by atoms with Crippen LogP contribution in [0.4, 0.5) is 10.5 Å². The quantitative estimate of drug-likeness (QED) is 0.418. The van der Waals surface area contributed by atoms with Gasteiger partial charge in [0.2, 0.25) is 0 Å². The Labute approximate surface area is 181 Å². The van der Waals surface area contributed by atoms with E-state index in [-0.39, 0.29) is 5.57 Å². The molecule has 0 atom stereocenters. The van der Waals surface area contributed by atoms with Crippen LogP contribution in [-0.2, 0) is 16.0 Å². The summed E-state index contributed by atoms with van der Waals surface area (Å²) < 4.78 is 11.2. The molecule has 3 rings (SSSR count). The number of imide groups is 2. The molecule has 2 aromatic rings. The van der Waals surface area contributed by atoms with E-state index in [1.54, 1.807) is 49.4 Å². The number of hydrogen-bond acceptors (Lipinski definition) is 5. The molecule has 0 unspecified atom stereocenters. The number of amides is 4. The molecule has 1 saturated heterocycles. The van der Waals surface area contributed by atoms with E-state index in [2.05, 4.69) is 11.9 Å². The van der Waals surface area contributed by atoms with Crippen LogP contribution < -0.4 is 19.7 Å². The maximum atomic E-state index is 13.1. The van der Waals surface area contributed by atoms with Crippen LogP contribution in [0.25, 0.3) is 6.08 Å². The smallest absolute Gasteiger partial charge is 0.335 e. The molecule has 0 aliphatic carbocycles. The molecule has 1 aliphatic heterocycles. The summed E-state index contributed by atoms with van der Waals surface area (Å²) in [5, 5.41) is 2.24. The summed E-state index contributed by atoms with van der Waals surface area (Å²) in [6.07, 6.45) is 3.68. The van der Waals surface area contributed by atoms with E-state index in [4.69, 9.17) is 9.47 Å². The van der Waals surface area contributed by atoms with Crippen molar-refractivity contribution in [2.45, 2.75) is 20.3 Å². The Hall–Kier alpha value is -3.87. The monoisotopic (exact) mass is 420 g/mol. The summed E-state index contributed by atoms with van der Waals surface area (Å²) in [7, 11) is 1.52. The maximum absolute atomic E-state index is 13.1. The highest BCUT2D eigenvalue weighted by molar-refractivity contribution is 6.39. The molecule has 0 spiro atoms. The lowest BCUT2D eigenvalue weighted by atomic mass is 10.0. The first kappa shape index (κ1) is 21.8. The topological polar surface area (TPSA) is 84.9 Å². The summed E-state index contributed by atoms with van der Waals surface area (Å²) in [4.78, 5) is 39.0. The number of carbonyl (C=O) groups excluding carboxylic acids is 3. The number of para-hydroxylation sites is 1. The zero-order valence-corrected chi connectivity index (χ0v) is 17.7. The Morgan fingerprint density at radius 2 is 1.90 bits per heavy atom. The Bertz CT molecular complexity index is 1090. The molecule has 0 aromatic heterocycles. The Kier molecular flexibility index (Phi) is 6.55. The molecule has 7 heteroatoms. The zero-order valence-electron chi connectivity index (χ0n) is 17.7. The van der Waals surface area contributed by atoms with Crippen LogP contribution in [0.3, 0.4) is 0 Å². The van der Waals surface area contributed by atoms with Crippen LogP contribution >= 0.6 is 0 Å². The van der Waals surface area contributed by atoms with Crippen molar-refractivity contribution in [3.63, 3.8) is 0 Å². The first-order valence-electron chi connectivity index (χ1n) is 9.82. The second-order valence-corrected chi connectivity index (χ2v) is 6.88. The first-order chi connectivity index (χ1) is 14.9. The Balaban J connectivity index is 2.09. The number of anilines is 1. The number of allylic oxidation sites excluding steroid dienone is 1. The number of benzene rings is 2. The minimum absolute atomic E-state index is 0.154. The molecule has 160 valence electrons. The van der Waals surface area contributed by atoms with Gasteiger partial charge >= 0.3 is 6.03 Å². The fourth-order valence-corrected chi connectivity index (χ4v) is 3.39. The van der Waals surface area contributed by atoms with Crippen LogP contribution in [-0.4, -0.2) is 31.6 Å². The second kappa shape index (κ2) is 9.30. The van der Waals surface area contributed by atoms with Gasteiger partial charge in [0.05, 0.1) is 19.4 Å². The van der Waals surface area contributed by atoms with E-state index in [0.717, 1.165) is 16.0 Å². The van der Waals surface area contributed by atoms with Crippen LogP contribution in [0, 0.1) is 6.92 Å². The largest absolute Gasteiger partial charge is 0.493 e. The predicted molar refractivity (Wildman–Crippen MR) is 118 cm³/mol. The van der Waals surface area contributed by atoms with Gasteiger partial charge in [0, 0.05) is 5.56 Å². The Morgan fingerprint density at radius 3 is 2.55 bits per heavy atom. The molecular formula is C24H24N2O5. The fraction of sp³-hybridized carbons (Fsp3) is 0.208. The highest BCUT2D eigenvalue weighted by Crippen LogP contribution is 2.35. The average molecular weight is 420 g/mol. The summed E-state index contributed by atoms with van der Waals surface area (Å²) in [5.74, 6) is -0.383. The summed E-state index contributed by atoms with van der Waals surface area (Å²) in [6.45, 7) is 7.88. The second-order valence-electron chi connectivity index (χ2n) is 6.88. The maximum Gasteiger partial charge on any atom is 0.335 e. The van der Waals surface area contributed by atoms with Gasteiger partial charge < -0.3 is 9.47 Å². The number of ether oxygens (including phenoxy) is 2. The van der Waals surface area contributed by atoms with Gasteiger partial charge in [-0.3, -0.25) is 14.9 Å². The molecule has 7 nitrogen and oxygen atoms in total. The minimum Gasteiger partial charge on any atom is -0.493 e. The highest BCUT2D eigenvalue weighted by atomic mass is 16.5. The van der Waals surface area contributed by atoms with Crippen LogP contribution in [0.2, 0.25) is 0 Å². The van der Waals surface area contributed by atoms with Gasteiger partial charge in [-0.05, 0) is 55.7 Å². The molecule has 1 aliphatic rings. The molecule has 0 bridgehead atoms. The SMILES string of the molecule is C=CCc1cc(/C=C2\C(=O)NC(=O)N(c3ccccc3C)C2=O)cc(OC)c1OCC. The average Bonchev–Trinajstić information content (AvgIpc) is 2.74. The molecule has 0 saturated carbocycles. The van der Waals surface area contributed by atoms with Crippen molar-refractivity contribution in [2.24, 2.45) is 0 Å². The molecule has 0 radical (unpaired) electrons. The number of methoxy groups -OCH3 is 1. The number of carbonyl (C=O) groups is 3. The number of aryl methyl sites for hydroxylation is 1. The molecular weight excluding hydrogens is 396 g/mol. The van der Waals surface area contributed by atoms with Crippen molar-refractivity contribution in [3.05, 3.63) is 71.3 Å². The van der Waals surface area contributed by atoms with Gasteiger partial charge in [-0.25, -0.2) is 9.69 Å². The van der Waals surface area contributed by atoms with E-state index in [1.165, 1.54) is 13.2 Å². The molecule has 31 heavy (non-hydrogen) atoms. The number of urea groups is 1. The normalized spacial score (nSPS) is 15.1. The van der Waals surface area contributed by atoms with E-state index in [1.807, 2.05) is 6.92 Å². The Morgan fingerprint density at radius 1 is 1.16 bits per heavy atom. The van der Waals surface area contributed by atoms with Crippen LogP contribution in [0.5, 0.6) is 11.5 Å². The summed E-state index contributed by atoms with van der Waals surface area (Å²) in [5.41, 5.74) is 2.36. The van der Waals surface area contributed by atoms with Crippen molar-refractivity contribution in [3.8, 4) is 11.5 Å². The zero-order chi connectivity index (χ0) is 22.5. The lowest BCUT2D eigenvalue weighted by Gasteiger charge is -2.27. The highest BCUT2D eigenvalue weighted by Gasteiger charge is 2.37. The standard InChI is InChI=1S/C24H24N2O5/c1-5-9-17-12-16(14-20(30-4)21(17)31-6-2)13-18-22(27)25-24(29)26(23(18)28)19-11-8-7-10-15(19)3/h5,7-8,10-14H,1,6,9H2,2-4H3,(H,25,27,29)/b18-13+. The van der Waals surface area contributed by atoms with E-state index < -0.39 is 17.8 Å². The van der Waals surface area contributed by atoms with Crippen molar-refractivity contribution >= 4 is 29.6 Å². The number of nitrogens with one attached hydrogen (secondary N) is 1. The van der Waals surface area contributed by atoms with E-state index in [0.29, 0.717) is 35.8 Å². The molecule has 2 aromatic carbocycles. The predicted octanol–water partition coefficient (Wildman–Crippen LogP) is 3.80. The number of hydrogen-bond donors (Lipinski definition) is 1. The van der Waals surface area contributed by atoms with E-state index in [9.17, 15) is 14.4 Å². The lowest BCUT2D eigenvalue weighted by Crippen LogP contribution is -2.54. The van der Waals surface area contributed by atoms with E-state index >= 15 is 0 Å². The van der Waals surface area contributed by atoms with Crippen molar-refractivity contribution in [2.75, 3.05) is 18.6 Å². The number of nitrogens with zero attached hydrogens (tertiary/aromatic N) is 1. The fourth-order valence-electron chi connectivity index (χ4n) is 3.39. The number of rotatable bonds is 7. The molecule has 1 heterocycles. The molecule has 4 amide bonds. The van der Waals surface area contributed by atoms with Crippen molar-refractivity contribution in [1.82, 2.24) is 5.32 Å². The lowest BCUT2D eigenvalue weighted by molar-refractivity contribution is -0.122. The third-order valence-electron chi connectivity index (χ3n) is 4.80. The third kappa shape index (κ3) is 4.35. The summed E-state index contributed by atoms with van der Waals surface area (Å²) in [6, 6.07) is 9.67. The van der Waals surface area contributed by atoms with Gasteiger partial charge in [0.25, 0.3) is 11.8 Å². The molecule has 1 fully saturated rings. The van der Waals surface area contributed by atoms with Crippen LogP contribution in [0.15, 0.2) is 54.6 Å². The van der Waals surface area contributed by atoms with Gasteiger partial charge in [0.1, 0.15) is 5.57 Å². The van der Waals surface area contributed by atoms with Crippen molar-refractivity contribution in [1.29, 1.82) is 0 Å². The molecule has 1 N–H and O–H groups in total. The van der Waals surface area contributed by atoms with Gasteiger partial charge in [-0.15, -0.1) is 6.58 Å². The third-order valence-corrected chi connectivity index (χ3v) is 4.80. The number of barbiturate groups is 1. The van der Waals surface area contributed by atoms with Gasteiger partial charge in [-0.1, -0.05) is 24.3 Å². The minimum atomic E-state index is -0.780. The first-order valence-corrected chi connectivity index (χ1v) is 9.82. The summed E-state index contributed by atoms with van der Waals surface area (Å²) >= 11 is 0. The van der Waals surface area contributed by atoms with Crippen molar-refractivity contribution < 1.29 is 23.9 Å². The van der Waals surface area contributed by atoms with Crippen LogP contribution in [0.1, 0.15) is 23.6 Å².